The molecule has 0 aliphatic carbocycles. The number of halogens is 2. The van der Waals surface area contributed by atoms with Gasteiger partial charge in [0.1, 0.15) is 0 Å². The number of carbonyl (C=O) groups excluding carboxylic acids is 2. The van der Waals surface area contributed by atoms with E-state index in [2.05, 4.69) is 36.2 Å². The van der Waals surface area contributed by atoms with E-state index >= 15 is 0 Å². The molecular formula is C26H26Cl2N6O2. The first-order chi connectivity index (χ1) is 17.0. The van der Waals surface area contributed by atoms with Crippen LogP contribution >= 0.6 is 23.2 Å². The van der Waals surface area contributed by atoms with Crippen molar-refractivity contribution in [3.05, 3.63) is 93.5 Å². The van der Waals surface area contributed by atoms with Gasteiger partial charge < -0.3 is 11.1 Å². The highest BCUT2D eigenvalue weighted by molar-refractivity contribution is 6.35. The highest BCUT2D eigenvalue weighted by Crippen LogP contribution is 2.27. The fourth-order valence-electron chi connectivity index (χ4n) is 3.37. The van der Waals surface area contributed by atoms with Crippen LogP contribution in [0.25, 0.3) is 0 Å². The number of urea groups is 1. The van der Waals surface area contributed by atoms with Crippen LogP contribution in [0.2, 0.25) is 10.0 Å². The van der Waals surface area contributed by atoms with Gasteiger partial charge in [-0.25, -0.2) is 10.3 Å². The number of rotatable bonds is 5. The third kappa shape index (κ3) is 7.13. The molecule has 3 amide bonds. The summed E-state index contributed by atoms with van der Waals surface area (Å²) in [6.45, 7) is 6.58. The lowest BCUT2D eigenvalue weighted by molar-refractivity contribution is 0.100. The van der Waals surface area contributed by atoms with Crippen LogP contribution in [-0.4, -0.2) is 17.9 Å². The Labute approximate surface area is 219 Å². The van der Waals surface area contributed by atoms with Gasteiger partial charge in [-0.1, -0.05) is 68.2 Å². The zero-order valence-electron chi connectivity index (χ0n) is 20.0. The molecular weight excluding hydrogens is 499 g/mol. The Bertz CT molecular complexity index is 1280. The van der Waals surface area contributed by atoms with Gasteiger partial charge in [0.2, 0.25) is 5.96 Å². The number of hydrogen-bond acceptors (Lipinski definition) is 3. The molecule has 4 N–H and O–H groups in total. The van der Waals surface area contributed by atoms with Gasteiger partial charge in [0, 0.05) is 27.0 Å². The van der Waals surface area contributed by atoms with E-state index in [0.717, 1.165) is 11.1 Å². The number of nitrogens with zero attached hydrogens (tertiary/aromatic N) is 3. The van der Waals surface area contributed by atoms with Gasteiger partial charge in [0.25, 0.3) is 5.91 Å². The number of amides is 3. The fraction of sp³-hybridized carbons (Fsp3) is 0.192. The van der Waals surface area contributed by atoms with Crippen molar-refractivity contribution >= 4 is 52.5 Å². The molecule has 36 heavy (non-hydrogen) atoms. The summed E-state index contributed by atoms with van der Waals surface area (Å²) in [5.74, 6) is -1.04. The average molecular weight is 525 g/mol. The van der Waals surface area contributed by atoms with Crippen molar-refractivity contribution in [1.82, 2.24) is 0 Å². The lowest BCUT2D eigenvalue weighted by Gasteiger charge is -2.25. The molecule has 0 aliphatic rings. The van der Waals surface area contributed by atoms with Crippen molar-refractivity contribution in [1.29, 1.82) is 5.53 Å². The predicted molar refractivity (Wildman–Crippen MR) is 144 cm³/mol. The number of benzene rings is 3. The van der Waals surface area contributed by atoms with Crippen LogP contribution in [0.1, 0.15) is 42.3 Å². The van der Waals surface area contributed by atoms with Crippen molar-refractivity contribution < 1.29 is 9.59 Å². The van der Waals surface area contributed by atoms with Gasteiger partial charge >= 0.3 is 6.03 Å². The zero-order chi connectivity index (χ0) is 26.5. The first-order valence-corrected chi connectivity index (χ1v) is 11.7. The van der Waals surface area contributed by atoms with E-state index < -0.39 is 11.9 Å². The molecule has 0 saturated carbocycles. The van der Waals surface area contributed by atoms with E-state index in [1.165, 1.54) is 0 Å². The van der Waals surface area contributed by atoms with Crippen LogP contribution in [0.15, 0.2) is 76.8 Å². The molecule has 0 aromatic heterocycles. The standard InChI is InChI=1S/C26H26Cl2N6O2/c1-26(2,3)18-8-10-22(11-9-18)34(25(36)31-21-13-19(27)12-20(28)14-21)15-16-4-6-17(7-5-16)23(35)32-24(29)33-30/h4-14,30H,15H2,1-3H3,(H,31,36)(H2,29,32,35). The second-order valence-corrected chi connectivity index (χ2v) is 9.93. The van der Waals surface area contributed by atoms with Gasteiger partial charge in [0.05, 0.1) is 6.54 Å². The summed E-state index contributed by atoms with van der Waals surface area (Å²) >= 11 is 12.2. The van der Waals surface area contributed by atoms with E-state index in [0.29, 0.717) is 21.4 Å². The van der Waals surface area contributed by atoms with Crippen molar-refractivity contribution in [2.75, 3.05) is 10.2 Å². The Balaban J connectivity index is 1.90. The number of nitrogens with two attached hydrogens (primary N) is 1. The minimum atomic E-state index is -0.611. The smallest absolute Gasteiger partial charge is 0.326 e. The van der Waals surface area contributed by atoms with E-state index in [-0.39, 0.29) is 23.6 Å². The molecule has 0 aliphatic heterocycles. The van der Waals surface area contributed by atoms with E-state index in [4.69, 9.17) is 34.5 Å². The minimum Gasteiger partial charge on any atom is -0.366 e. The topological polar surface area (TPSA) is 124 Å². The second kappa shape index (κ2) is 11.3. The summed E-state index contributed by atoms with van der Waals surface area (Å²) in [6, 6.07) is 18.8. The number of carbonyl (C=O) groups is 2. The van der Waals surface area contributed by atoms with Gasteiger partial charge in [-0.05, 0) is 59.0 Å². The molecule has 0 radical (unpaired) electrons. The number of hydrogen-bond donors (Lipinski definition) is 3. The van der Waals surface area contributed by atoms with Crippen LogP contribution in [0.4, 0.5) is 16.2 Å². The maximum Gasteiger partial charge on any atom is 0.326 e. The summed E-state index contributed by atoms with van der Waals surface area (Å²) in [7, 11) is 0. The van der Waals surface area contributed by atoms with E-state index in [1.807, 2.05) is 24.3 Å². The summed E-state index contributed by atoms with van der Waals surface area (Å²) in [5.41, 5.74) is 15.4. The SMILES string of the molecule is CC(C)(C)c1ccc(N(Cc2ccc(C(=O)N=C(N)N=N)cc2)C(=O)Nc2cc(Cl)cc(Cl)c2)cc1. The molecule has 3 rings (SSSR count). The Morgan fingerprint density at radius 2 is 1.56 bits per heavy atom. The predicted octanol–water partition coefficient (Wildman–Crippen LogP) is 7.02. The Kier molecular flexibility index (Phi) is 8.45. The summed E-state index contributed by atoms with van der Waals surface area (Å²) in [4.78, 5) is 30.6. The first kappa shape index (κ1) is 26.8. The summed E-state index contributed by atoms with van der Waals surface area (Å²) in [5, 5.41) is 6.58. The molecule has 186 valence electrons. The monoisotopic (exact) mass is 524 g/mol. The largest absolute Gasteiger partial charge is 0.366 e. The van der Waals surface area contributed by atoms with E-state index in [1.54, 1.807) is 47.4 Å². The Morgan fingerprint density at radius 3 is 2.08 bits per heavy atom. The maximum absolute atomic E-state index is 13.4. The summed E-state index contributed by atoms with van der Waals surface area (Å²) < 4.78 is 0. The highest BCUT2D eigenvalue weighted by Gasteiger charge is 2.19. The lowest BCUT2D eigenvalue weighted by Crippen LogP contribution is -2.34. The molecule has 10 heteroatoms. The number of anilines is 2. The number of nitrogens with one attached hydrogen (secondary N) is 2. The van der Waals surface area contributed by atoms with Crippen molar-refractivity contribution in [3.63, 3.8) is 0 Å². The summed E-state index contributed by atoms with van der Waals surface area (Å²) in [6.07, 6.45) is 0. The van der Waals surface area contributed by atoms with Crippen LogP contribution in [-0.2, 0) is 12.0 Å². The third-order valence-corrected chi connectivity index (χ3v) is 5.71. The minimum absolute atomic E-state index is 0.0371. The fourth-order valence-corrected chi connectivity index (χ4v) is 3.89. The average Bonchev–Trinajstić information content (AvgIpc) is 2.81. The lowest BCUT2D eigenvalue weighted by atomic mass is 9.87. The molecule has 3 aromatic rings. The number of guanidine groups is 1. The first-order valence-electron chi connectivity index (χ1n) is 11.0. The van der Waals surface area contributed by atoms with Crippen LogP contribution in [0.3, 0.4) is 0 Å². The maximum atomic E-state index is 13.4. The van der Waals surface area contributed by atoms with Gasteiger partial charge in [0.15, 0.2) is 0 Å². The Morgan fingerprint density at radius 1 is 0.972 bits per heavy atom. The molecule has 0 bridgehead atoms. The molecule has 0 fully saturated rings. The Hall–Kier alpha value is -3.75. The normalized spacial score (nSPS) is 11.6. The number of aliphatic imine (C=N–C) groups is 1. The van der Waals surface area contributed by atoms with Gasteiger partial charge in [-0.15, -0.1) is 5.11 Å². The molecule has 0 spiro atoms. The molecule has 0 atom stereocenters. The molecule has 0 saturated heterocycles. The van der Waals surface area contributed by atoms with Crippen LogP contribution in [0, 0.1) is 5.53 Å². The second-order valence-electron chi connectivity index (χ2n) is 9.06. The zero-order valence-corrected chi connectivity index (χ0v) is 21.6. The van der Waals surface area contributed by atoms with Gasteiger partial charge in [-0.3, -0.25) is 9.69 Å². The molecule has 0 unspecified atom stereocenters. The van der Waals surface area contributed by atoms with Crippen LogP contribution < -0.4 is 16.0 Å². The quantitative estimate of drug-likeness (QED) is 0.188. The van der Waals surface area contributed by atoms with Crippen LogP contribution in [0.5, 0.6) is 0 Å². The van der Waals surface area contributed by atoms with Gasteiger partial charge in [-0.2, -0.15) is 4.99 Å². The molecule has 3 aromatic carbocycles. The molecule has 8 nitrogen and oxygen atoms in total. The third-order valence-electron chi connectivity index (χ3n) is 5.28. The van der Waals surface area contributed by atoms with E-state index in [9.17, 15) is 9.59 Å². The molecule has 0 heterocycles. The van der Waals surface area contributed by atoms with Crippen molar-refractivity contribution in [2.45, 2.75) is 32.7 Å². The van der Waals surface area contributed by atoms with Crippen molar-refractivity contribution in [3.8, 4) is 0 Å². The van der Waals surface area contributed by atoms with Crippen molar-refractivity contribution in [2.24, 2.45) is 15.8 Å². The highest BCUT2D eigenvalue weighted by atomic mass is 35.5.